The molecule has 1 aromatic carbocycles. The number of piperidine rings is 1. The second-order valence-corrected chi connectivity index (χ2v) is 5.69. The highest BCUT2D eigenvalue weighted by atomic mass is 16.2. The standard InChI is InChI=1S/C16H21N3O2/c20-15-12-13(6-7-17-15)16(21)19-10-8-18(9-11-19)14-4-2-1-3-5-14/h1-5,13H,6-12H2,(H,17,20). The lowest BCUT2D eigenvalue weighted by atomic mass is 9.95. The maximum atomic E-state index is 12.5. The molecule has 0 spiro atoms. The Bertz CT molecular complexity index is 510. The Hall–Kier alpha value is -2.04. The molecule has 0 radical (unpaired) electrons. The molecule has 2 fully saturated rings. The Balaban J connectivity index is 1.55. The van der Waals surface area contributed by atoms with E-state index in [9.17, 15) is 9.59 Å². The van der Waals surface area contributed by atoms with Crippen molar-refractivity contribution in [3.05, 3.63) is 30.3 Å². The van der Waals surface area contributed by atoms with Gasteiger partial charge < -0.3 is 15.1 Å². The summed E-state index contributed by atoms with van der Waals surface area (Å²) in [5, 5.41) is 2.78. The predicted molar refractivity (Wildman–Crippen MR) is 81.0 cm³/mol. The van der Waals surface area contributed by atoms with Crippen LogP contribution in [0, 0.1) is 5.92 Å². The number of carbonyl (C=O) groups excluding carboxylic acids is 2. The average molecular weight is 287 g/mol. The number of rotatable bonds is 2. The number of nitrogens with zero attached hydrogens (tertiary/aromatic N) is 2. The summed E-state index contributed by atoms with van der Waals surface area (Å²) in [6.45, 7) is 3.82. The Labute approximate surface area is 124 Å². The van der Waals surface area contributed by atoms with E-state index in [1.165, 1.54) is 5.69 Å². The van der Waals surface area contributed by atoms with E-state index in [4.69, 9.17) is 0 Å². The molecule has 112 valence electrons. The number of nitrogens with one attached hydrogen (secondary N) is 1. The minimum Gasteiger partial charge on any atom is -0.368 e. The first kappa shape index (κ1) is 13.9. The van der Waals surface area contributed by atoms with Gasteiger partial charge in [0.2, 0.25) is 11.8 Å². The molecule has 5 heteroatoms. The molecule has 1 N–H and O–H groups in total. The van der Waals surface area contributed by atoms with E-state index < -0.39 is 0 Å². The van der Waals surface area contributed by atoms with Gasteiger partial charge in [0.25, 0.3) is 0 Å². The number of anilines is 1. The van der Waals surface area contributed by atoms with Gasteiger partial charge in [-0.3, -0.25) is 9.59 Å². The van der Waals surface area contributed by atoms with E-state index in [0.717, 1.165) is 32.6 Å². The van der Waals surface area contributed by atoms with Gasteiger partial charge in [0.1, 0.15) is 0 Å². The molecule has 0 aromatic heterocycles. The Morgan fingerprint density at radius 1 is 1.10 bits per heavy atom. The van der Waals surface area contributed by atoms with Crippen molar-refractivity contribution < 1.29 is 9.59 Å². The van der Waals surface area contributed by atoms with Gasteiger partial charge in [0, 0.05) is 50.7 Å². The molecule has 0 bridgehead atoms. The highest BCUT2D eigenvalue weighted by Gasteiger charge is 2.30. The van der Waals surface area contributed by atoms with Gasteiger partial charge in [0.15, 0.2) is 0 Å². The van der Waals surface area contributed by atoms with Crippen LogP contribution in [0.2, 0.25) is 0 Å². The van der Waals surface area contributed by atoms with E-state index in [0.29, 0.717) is 13.0 Å². The Kier molecular flexibility index (Phi) is 4.08. The zero-order valence-electron chi connectivity index (χ0n) is 12.1. The first-order valence-corrected chi connectivity index (χ1v) is 7.59. The number of benzene rings is 1. The largest absolute Gasteiger partial charge is 0.368 e. The molecule has 2 heterocycles. The van der Waals surface area contributed by atoms with Crippen LogP contribution in [0.1, 0.15) is 12.8 Å². The molecule has 2 saturated heterocycles. The fourth-order valence-corrected chi connectivity index (χ4v) is 3.08. The second-order valence-electron chi connectivity index (χ2n) is 5.69. The minimum atomic E-state index is -0.123. The smallest absolute Gasteiger partial charge is 0.226 e. The van der Waals surface area contributed by atoms with Crippen LogP contribution in [0.25, 0.3) is 0 Å². The lowest BCUT2D eigenvalue weighted by Gasteiger charge is -2.38. The van der Waals surface area contributed by atoms with Crippen LogP contribution in [-0.2, 0) is 9.59 Å². The number of amides is 2. The zero-order valence-corrected chi connectivity index (χ0v) is 12.1. The van der Waals surface area contributed by atoms with E-state index in [-0.39, 0.29) is 17.7 Å². The summed E-state index contributed by atoms with van der Waals surface area (Å²) in [4.78, 5) is 28.1. The van der Waals surface area contributed by atoms with Crippen molar-refractivity contribution in [1.29, 1.82) is 0 Å². The number of para-hydroxylation sites is 1. The molecular formula is C16H21N3O2. The molecule has 2 amide bonds. The van der Waals surface area contributed by atoms with Crippen LogP contribution < -0.4 is 10.2 Å². The normalized spacial score (nSPS) is 22.9. The fourth-order valence-electron chi connectivity index (χ4n) is 3.08. The molecule has 0 saturated carbocycles. The van der Waals surface area contributed by atoms with Gasteiger partial charge in [0.05, 0.1) is 0 Å². The Morgan fingerprint density at radius 3 is 2.48 bits per heavy atom. The molecule has 21 heavy (non-hydrogen) atoms. The summed E-state index contributed by atoms with van der Waals surface area (Å²) in [6, 6.07) is 10.3. The summed E-state index contributed by atoms with van der Waals surface area (Å²) in [5.41, 5.74) is 1.21. The van der Waals surface area contributed by atoms with Crippen LogP contribution in [0.5, 0.6) is 0 Å². The maximum Gasteiger partial charge on any atom is 0.226 e. The average Bonchev–Trinajstić information content (AvgIpc) is 2.55. The fraction of sp³-hybridized carbons (Fsp3) is 0.500. The van der Waals surface area contributed by atoms with Crippen molar-refractivity contribution in [3.63, 3.8) is 0 Å². The number of carbonyl (C=O) groups is 2. The molecule has 3 rings (SSSR count). The lowest BCUT2D eigenvalue weighted by molar-refractivity contribution is -0.140. The monoisotopic (exact) mass is 287 g/mol. The molecule has 1 atom stereocenters. The van der Waals surface area contributed by atoms with Crippen molar-refractivity contribution in [3.8, 4) is 0 Å². The quantitative estimate of drug-likeness (QED) is 0.878. The minimum absolute atomic E-state index is 0.00233. The molecule has 1 aromatic rings. The third kappa shape index (κ3) is 3.17. The molecule has 0 aliphatic carbocycles. The second kappa shape index (κ2) is 6.16. The summed E-state index contributed by atoms with van der Waals surface area (Å²) in [7, 11) is 0. The maximum absolute atomic E-state index is 12.5. The molecule has 2 aliphatic rings. The van der Waals surface area contributed by atoms with Crippen LogP contribution >= 0.6 is 0 Å². The molecule has 5 nitrogen and oxygen atoms in total. The topological polar surface area (TPSA) is 52.7 Å². The summed E-state index contributed by atoms with van der Waals surface area (Å²) in [5.74, 6) is 0.0297. The number of piperazine rings is 1. The van der Waals surface area contributed by atoms with Crippen molar-refractivity contribution in [1.82, 2.24) is 10.2 Å². The van der Waals surface area contributed by atoms with Gasteiger partial charge in [-0.15, -0.1) is 0 Å². The first-order chi connectivity index (χ1) is 10.2. The van der Waals surface area contributed by atoms with Crippen molar-refractivity contribution in [2.24, 2.45) is 5.92 Å². The molecule has 1 unspecified atom stereocenters. The summed E-state index contributed by atoms with van der Waals surface area (Å²) >= 11 is 0. The lowest BCUT2D eigenvalue weighted by Crippen LogP contribution is -2.52. The third-order valence-electron chi connectivity index (χ3n) is 4.31. The zero-order chi connectivity index (χ0) is 14.7. The van der Waals surface area contributed by atoms with Crippen LogP contribution in [0.3, 0.4) is 0 Å². The SMILES string of the molecule is O=C1CC(C(=O)N2CCN(c3ccccc3)CC2)CCN1. The highest BCUT2D eigenvalue weighted by molar-refractivity contribution is 5.87. The summed E-state index contributed by atoms with van der Waals surface area (Å²) < 4.78 is 0. The third-order valence-corrected chi connectivity index (χ3v) is 4.31. The molecular weight excluding hydrogens is 266 g/mol. The number of hydrogen-bond donors (Lipinski definition) is 1. The van der Waals surface area contributed by atoms with Gasteiger partial charge >= 0.3 is 0 Å². The van der Waals surface area contributed by atoms with Crippen LogP contribution in [0.4, 0.5) is 5.69 Å². The van der Waals surface area contributed by atoms with Crippen molar-refractivity contribution >= 4 is 17.5 Å². The van der Waals surface area contributed by atoms with Crippen molar-refractivity contribution in [2.45, 2.75) is 12.8 Å². The van der Waals surface area contributed by atoms with E-state index in [1.807, 2.05) is 23.1 Å². The van der Waals surface area contributed by atoms with Gasteiger partial charge in [-0.2, -0.15) is 0 Å². The van der Waals surface area contributed by atoms with Crippen molar-refractivity contribution in [2.75, 3.05) is 37.6 Å². The van der Waals surface area contributed by atoms with Gasteiger partial charge in [-0.25, -0.2) is 0 Å². The highest BCUT2D eigenvalue weighted by Crippen LogP contribution is 2.19. The summed E-state index contributed by atoms with van der Waals surface area (Å²) in [6.07, 6.45) is 1.11. The van der Waals surface area contributed by atoms with Crippen LogP contribution in [-0.4, -0.2) is 49.4 Å². The molecule has 2 aliphatic heterocycles. The van der Waals surface area contributed by atoms with Gasteiger partial charge in [-0.1, -0.05) is 18.2 Å². The number of hydrogen-bond acceptors (Lipinski definition) is 3. The van der Waals surface area contributed by atoms with Gasteiger partial charge in [-0.05, 0) is 18.6 Å². The van der Waals surface area contributed by atoms with E-state index >= 15 is 0 Å². The van der Waals surface area contributed by atoms with E-state index in [1.54, 1.807) is 0 Å². The predicted octanol–water partition coefficient (Wildman–Crippen LogP) is 0.861. The Morgan fingerprint density at radius 2 is 1.81 bits per heavy atom. The first-order valence-electron chi connectivity index (χ1n) is 7.59. The van der Waals surface area contributed by atoms with E-state index in [2.05, 4.69) is 22.3 Å². The van der Waals surface area contributed by atoms with Crippen LogP contribution in [0.15, 0.2) is 30.3 Å².